The van der Waals surface area contributed by atoms with Gasteiger partial charge in [-0.15, -0.1) is 6.58 Å². The number of amides is 1. The molecule has 0 spiro atoms. The van der Waals surface area contributed by atoms with E-state index in [9.17, 15) is 13.2 Å². The summed E-state index contributed by atoms with van der Waals surface area (Å²) in [7, 11) is -3.79. The zero-order valence-electron chi connectivity index (χ0n) is 14.4. The number of nitrogens with zero attached hydrogens (tertiary/aromatic N) is 1. The van der Waals surface area contributed by atoms with Gasteiger partial charge in [-0.1, -0.05) is 37.4 Å². The monoisotopic (exact) mass is 384 g/mol. The van der Waals surface area contributed by atoms with Crippen molar-refractivity contribution < 1.29 is 13.2 Å². The van der Waals surface area contributed by atoms with Gasteiger partial charge in [-0.25, -0.2) is 8.42 Å². The van der Waals surface area contributed by atoms with Crippen LogP contribution in [0.2, 0.25) is 5.02 Å². The number of hydrogen-bond acceptors (Lipinski definition) is 3. The molecule has 1 aromatic rings. The molecule has 138 valence electrons. The Morgan fingerprint density at radius 1 is 1.32 bits per heavy atom. The third kappa shape index (κ3) is 5.30. The molecular formula is C18H25ClN2O3S. The lowest BCUT2D eigenvalue weighted by Crippen LogP contribution is -2.47. The highest BCUT2D eigenvalue weighted by molar-refractivity contribution is 7.89. The minimum Gasteiger partial charge on any atom is -0.352 e. The summed E-state index contributed by atoms with van der Waals surface area (Å²) in [6, 6.07) is 6.03. The third-order valence-corrected chi connectivity index (χ3v) is 6.64. The lowest BCUT2D eigenvalue weighted by molar-refractivity contribution is -0.122. The molecule has 1 aliphatic carbocycles. The van der Waals surface area contributed by atoms with E-state index in [-0.39, 0.29) is 29.9 Å². The maximum atomic E-state index is 12.8. The first-order valence-electron chi connectivity index (χ1n) is 8.50. The predicted octanol–water partition coefficient (Wildman–Crippen LogP) is 3.21. The van der Waals surface area contributed by atoms with Gasteiger partial charge in [0.2, 0.25) is 15.9 Å². The van der Waals surface area contributed by atoms with E-state index in [1.165, 1.54) is 36.8 Å². The smallest absolute Gasteiger partial charge is 0.243 e. The predicted molar refractivity (Wildman–Crippen MR) is 100.0 cm³/mol. The lowest BCUT2D eigenvalue weighted by atomic mass is 9.86. The van der Waals surface area contributed by atoms with Crippen molar-refractivity contribution in [2.24, 2.45) is 5.92 Å². The Bertz CT molecular complexity index is 704. The number of carbonyl (C=O) groups excluding carboxylic acids is 1. The van der Waals surface area contributed by atoms with Gasteiger partial charge in [0.25, 0.3) is 0 Å². The van der Waals surface area contributed by atoms with E-state index in [2.05, 4.69) is 18.8 Å². The zero-order chi connectivity index (χ0) is 18.4. The molecule has 1 fully saturated rings. The van der Waals surface area contributed by atoms with E-state index in [0.717, 1.165) is 23.6 Å². The van der Waals surface area contributed by atoms with E-state index in [1.54, 1.807) is 0 Å². The first-order valence-corrected chi connectivity index (χ1v) is 10.3. The van der Waals surface area contributed by atoms with Crippen LogP contribution in [-0.2, 0) is 14.8 Å². The van der Waals surface area contributed by atoms with Crippen LogP contribution in [0.1, 0.15) is 32.6 Å². The number of nitrogens with one attached hydrogen (secondary N) is 1. The van der Waals surface area contributed by atoms with Gasteiger partial charge in [0.15, 0.2) is 0 Å². The molecule has 1 N–H and O–H groups in total. The van der Waals surface area contributed by atoms with Gasteiger partial charge >= 0.3 is 0 Å². The molecule has 1 amide bonds. The number of sulfonamides is 1. The number of hydrogen-bond donors (Lipinski definition) is 1. The maximum absolute atomic E-state index is 12.8. The van der Waals surface area contributed by atoms with Crippen molar-refractivity contribution in [3.63, 3.8) is 0 Å². The minimum atomic E-state index is -3.79. The zero-order valence-corrected chi connectivity index (χ0v) is 16.0. The summed E-state index contributed by atoms with van der Waals surface area (Å²) >= 11 is 5.82. The molecule has 25 heavy (non-hydrogen) atoms. The molecule has 1 aromatic carbocycles. The van der Waals surface area contributed by atoms with Crippen LogP contribution >= 0.6 is 11.6 Å². The highest BCUT2D eigenvalue weighted by atomic mass is 35.5. The van der Waals surface area contributed by atoms with Crippen LogP contribution in [0.5, 0.6) is 0 Å². The Balaban J connectivity index is 2.10. The van der Waals surface area contributed by atoms with Gasteiger partial charge in [0.1, 0.15) is 0 Å². The fraction of sp³-hybridized carbons (Fsp3) is 0.500. The summed E-state index contributed by atoms with van der Waals surface area (Å²) in [6.07, 6.45) is 5.78. The highest BCUT2D eigenvalue weighted by Crippen LogP contribution is 2.24. The Kier molecular flexibility index (Phi) is 7.04. The van der Waals surface area contributed by atoms with Crippen LogP contribution in [0, 0.1) is 5.92 Å². The molecule has 2 atom stereocenters. The molecule has 2 unspecified atom stereocenters. The van der Waals surface area contributed by atoms with E-state index in [0.29, 0.717) is 10.9 Å². The molecule has 1 aliphatic rings. The summed E-state index contributed by atoms with van der Waals surface area (Å²) in [4.78, 5) is 12.5. The second-order valence-corrected chi connectivity index (χ2v) is 8.85. The summed E-state index contributed by atoms with van der Waals surface area (Å²) in [5.74, 6) is 0.136. The maximum Gasteiger partial charge on any atom is 0.243 e. The normalized spacial score (nSPS) is 21.1. The molecule has 0 aromatic heterocycles. The van der Waals surface area contributed by atoms with Crippen molar-refractivity contribution >= 4 is 27.5 Å². The van der Waals surface area contributed by atoms with Crippen molar-refractivity contribution in [2.75, 3.05) is 13.1 Å². The SMILES string of the molecule is C=CCN(CC(=O)NC1CCCCC1C)S(=O)(=O)c1ccc(Cl)cc1. The van der Waals surface area contributed by atoms with Crippen LogP contribution in [0.15, 0.2) is 41.8 Å². The number of benzene rings is 1. The summed E-state index contributed by atoms with van der Waals surface area (Å²) in [5, 5.41) is 3.45. The molecule has 0 aliphatic heterocycles. The summed E-state index contributed by atoms with van der Waals surface area (Å²) in [6.45, 7) is 5.57. The van der Waals surface area contributed by atoms with E-state index < -0.39 is 10.0 Å². The fourth-order valence-electron chi connectivity index (χ4n) is 3.09. The van der Waals surface area contributed by atoms with Crippen LogP contribution in [0.4, 0.5) is 0 Å². The minimum absolute atomic E-state index is 0.0681. The topological polar surface area (TPSA) is 66.5 Å². The van der Waals surface area contributed by atoms with Crippen LogP contribution in [-0.4, -0.2) is 37.8 Å². The van der Waals surface area contributed by atoms with Crippen molar-refractivity contribution in [3.05, 3.63) is 41.9 Å². The number of halogens is 1. The number of carbonyl (C=O) groups is 1. The summed E-state index contributed by atoms with van der Waals surface area (Å²) < 4.78 is 26.7. The van der Waals surface area contributed by atoms with Crippen LogP contribution in [0.25, 0.3) is 0 Å². The van der Waals surface area contributed by atoms with Gasteiger partial charge in [0.05, 0.1) is 11.4 Å². The molecule has 0 saturated heterocycles. The van der Waals surface area contributed by atoms with Gasteiger partial charge in [0, 0.05) is 17.6 Å². The van der Waals surface area contributed by atoms with Gasteiger partial charge in [-0.3, -0.25) is 4.79 Å². The quantitative estimate of drug-likeness (QED) is 0.734. The van der Waals surface area contributed by atoms with E-state index >= 15 is 0 Å². The van der Waals surface area contributed by atoms with Crippen molar-refractivity contribution in [1.82, 2.24) is 9.62 Å². The molecule has 7 heteroatoms. The highest BCUT2D eigenvalue weighted by Gasteiger charge is 2.28. The van der Waals surface area contributed by atoms with E-state index in [1.807, 2.05) is 0 Å². The summed E-state index contributed by atoms with van der Waals surface area (Å²) in [5.41, 5.74) is 0. The Hall–Kier alpha value is -1.37. The molecular weight excluding hydrogens is 360 g/mol. The van der Waals surface area contributed by atoms with Gasteiger partial charge in [-0.05, 0) is 43.0 Å². The van der Waals surface area contributed by atoms with Crippen LogP contribution < -0.4 is 5.32 Å². The second kappa shape index (κ2) is 8.83. The Morgan fingerprint density at radius 3 is 2.56 bits per heavy atom. The Labute approximate surface area is 155 Å². The average molecular weight is 385 g/mol. The van der Waals surface area contributed by atoms with Crippen molar-refractivity contribution in [3.8, 4) is 0 Å². The standard InChI is InChI=1S/C18H25ClN2O3S/c1-3-12-21(25(23,24)16-10-8-15(19)9-11-16)13-18(22)20-17-7-5-4-6-14(17)2/h3,8-11,14,17H,1,4-7,12-13H2,2H3,(H,20,22). The molecule has 5 nitrogen and oxygen atoms in total. The fourth-order valence-corrected chi connectivity index (χ4v) is 4.58. The number of rotatable bonds is 7. The Morgan fingerprint density at radius 2 is 1.96 bits per heavy atom. The van der Waals surface area contributed by atoms with Crippen molar-refractivity contribution in [2.45, 2.75) is 43.5 Å². The largest absolute Gasteiger partial charge is 0.352 e. The molecule has 2 rings (SSSR count). The average Bonchev–Trinajstić information content (AvgIpc) is 2.57. The first-order chi connectivity index (χ1) is 11.8. The molecule has 0 radical (unpaired) electrons. The second-order valence-electron chi connectivity index (χ2n) is 6.48. The molecule has 0 bridgehead atoms. The van der Waals surface area contributed by atoms with E-state index in [4.69, 9.17) is 11.6 Å². The van der Waals surface area contributed by atoms with Gasteiger partial charge < -0.3 is 5.32 Å². The third-order valence-electron chi connectivity index (χ3n) is 4.56. The lowest BCUT2D eigenvalue weighted by Gasteiger charge is -2.30. The van der Waals surface area contributed by atoms with Crippen molar-refractivity contribution in [1.29, 1.82) is 0 Å². The molecule has 1 saturated carbocycles. The van der Waals surface area contributed by atoms with Crippen LogP contribution in [0.3, 0.4) is 0 Å². The molecule has 0 heterocycles. The first kappa shape index (κ1) is 19.9. The van der Waals surface area contributed by atoms with Gasteiger partial charge in [-0.2, -0.15) is 4.31 Å².